The first-order valence-corrected chi connectivity index (χ1v) is 10.5. The van der Waals surface area contributed by atoms with E-state index < -0.39 is 17.7 Å². The number of nitrogens with zero attached hydrogens (tertiary/aromatic N) is 5. The van der Waals surface area contributed by atoms with Crippen molar-refractivity contribution in [2.24, 2.45) is 5.73 Å². The van der Waals surface area contributed by atoms with Gasteiger partial charge in [0.1, 0.15) is 16.7 Å². The van der Waals surface area contributed by atoms with Gasteiger partial charge in [0.15, 0.2) is 23.3 Å². The summed E-state index contributed by atoms with van der Waals surface area (Å²) < 4.78 is 27.6. The molecule has 1 atom stereocenters. The molecule has 8 nitrogen and oxygen atoms in total. The van der Waals surface area contributed by atoms with Crippen molar-refractivity contribution in [2.75, 3.05) is 16.8 Å². The normalized spacial score (nSPS) is 16.6. The van der Waals surface area contributed by atoms with Crippen LogP contribution >= 0.6 is 11.3 Å². The summed E-state index contributed by atoms with van der Waals surface area (Å²) >= 11 is 1.31. The second-order valence-electron chi connectivity index (χ2n) is 7.00. The summed E-state index contributed by atoms with van der Waals surface area (Å²) in [7, 11) is 1.60. The number of rotatable bonds is 5. The number of halogens is 2. The number of hydrogen-bond donors (Lipinski definition) is 2. The molecule has 0 saturated carbocycles. The Morgan fingerprint density at radius 3 is 2.72 bits per heavy atom. The van der Waals surface area contributed by atoms with Crippen LogP contribution in [0.1, 0.15) is 24.2 Å². The third-order valence-corrected chi connectivity index (χ3v) is 5.98. The van der Waals surface area contributed by atoms with Crippen molar-refractivity contribution in [2.45, 2.75) is 19.4 Å². The Bertz CT molecular complexity index is 1230. The lowest BCUT2D eigenvalue weighted by Gasteiger charge is -2.40. The highest BCUT2D eigenvalue weighted by Gasteiger charge is 2.38. The van der Waals surface area contributed by atoms with Gasteiger partial charge in [-0.25, -0.2) is 23.7 Å². The minimum absolute atomic E-state index is 0.150. The molecule has 164 valence electrons. The number of nitrogens with two attached hydrogens (primary N) is 1. The Balaban J connectivity index is 1.93. The van der Waals surface area contributed by atoms with Gasteiger partial charge in [0.2, 0.25) is 5.91 Å². The van der Waals surface area contributed by atoms with Gasteiger partial charge in [-0.2, -0.15) is 0 Å². The Kier molecular flexibility index (Phi) is 5.66. The zero-order valence-electron chi connectivity index (χ0n) is 17.2. The molecule has 0 saturated heterocycles. The van der Waals surface area contributed by atoms with E-state index in [-0.39, 0.29) is 28.7 Å². The Morgan fingerprint density at radius 2 is 2.09 bits per heavy atom. The van der Waals surface area contributed by atoms with Crippen LogP contribution in [0.3, 0.4) is 0 Å². The fourth-order valence-electron chi connectivity index (χ4n) is 3.54. The third-order valence-electron chi connectivity index (χ3n) is 5.17. The van der Waals surface area contributed by atoms with E-state index in [1.54, 1.807) is 23.5 Å². The number of carbonyl (C=O) groups excluding carboxylic acids is 1. The number of anilines is 3. The van der Waals surface area contributed by atoms with Gasteiger partial charge >= 0.3 is 0 Å². The molecule has 11 heteroatoms. The molecule has 1 aliphatic rings. The Morgan fingerprint density at radius 1 is 1.31 bits per heavy atom. The van der Waals surface area contributed by atoms with Gasteiger partial charge < -0.3 is 20.9 Å². The number of thiazole rings is 1. The molecule has 0 fully saturated rings. The number of benzene rings is 1. The number of hydrogen-bond acceptors (Lipinski definition) is 8. The molecule has 2 aromatic heterocycles. The molecule has 0 unspecified atom stereocenters. The van der Waals surface area contributed by atoms with Crippen LogP contribution in [0.25, 0.3) is 11.3 Å². The molecule has 0 spiro atoms. The van der Waals surface area contributed by atoms with Crippen LogP contribution in [0.4, 0.5) is 26.0 Å². The highest BCUT2D eigenvalue weighted by Crippen LogP contribution is 2.40. The second-order valence-corrected chi connectivity index (χ2v) is 7.90. The minimum atomic E-state index is -1.03. The van der Waals surface area contributed by atoms with Crippen LogP contribution in [0.15, 0.2) is 36.0 Å². The van der Waals surface area contributed by atoms with E-state index in [1.807, 2.05) is 6.92 Å². The number of likely N-dealkylation sites (N-methyl/N-ethyl adjacent to an activating group) is 1. The molecule has 0 aliphatic carbocycles. The number of aromatic nitrogens is 3. The van der Waals surface area contributed by atoms with Gasteiger partial charge in [0, 0.05) is 36.6 Å². The molecule has 4 rings (SSSR count). The van der Waals surface area contributed by atoms with Gasteiger partial charge in [-0.05, 0) is 18.6 Å². The molecule has 1 aliphatic heterocycles. The minimum Gasteiger partial charge on any atom is -0.396 e. The molecule has 3 heterocycles. The summed E-state index contributed by atoms with van der Waals surface area (Å²) in [5.74, 6) is -1.78. The topological polar surface area (TPSA) is 112 Å². The second kappa shape index (κ2) is 8.42. The Labute approximate surface area is 186 Å². The van der Waals surface area contributed by atoms with E-state index >= 15 is 0 Å². The summed E-state index contributed by atoms with van der Waals surface area (Å²) in [5, 5.41) is 10.1. The number of carbonyl (C=O) groups is 1. The number of allylic oxidation sites excluding steroid dienone is 1. The van der Waals surface area contributed by atoms with Crippen LogP contribution < -0.4 is 15.5 Å². The lowest BCUT2D eigenvalue weighted by molar-refractivity contribution is -0.119. The van der Waals surface area contributed by atoms with Crippen LogP contribution in [0, 0.1) is 17.0 Å². The number of nitrogens with one attached hydrogen (secondary N) is 1. The van der Waals surface area contributed by atoms with Crippen LogP contribution in [-0.2, 0) is 4.79 Å². The first kappa shape index (κ1) is 21.5. The van der Waals surface area contributed by atoms with Gasteiger partial charge in [-0.3, -0.25) is 4.79 Å². The monoisotopic (exact) mass is 455 g/mol. The summed E-state index contributed by atoms with van der Waals surface area (Å²) in [6.45, 7) is 1.82. The van der Waals surface area contributed by atoms with Crippen LogP contribution in [0.2, 0.25) is 0 Å². The van der Waals surface area contributed by atoms with Gasteiger partial charge in [0.25, 0.3) is 0 Å². The van der Waals surface area contributed by atoms with E-state index in [4.69, 9.17) is 11.1 Å². The predicted molar refractivity (Wildman–Crippen MR) is 120 cm³/mol. The van der Waals surface area contributed by atoms with Crippen molar-refractivity contribution >= 4 is 51.9 Å². The molecule has 3 N–H and O–H groups in total. The maximum atomic E-state index is 14.1. The fraction of sp³-hybridized carbons (Fsp3) is 0.190. The first-order valence-electron chi connectivity index (χ1n) is 9.66. The average molecular weight is 455 g/mol. The van der Waals surface area contributed by atoms with Crippen molar-refractivity contribution in [3.8, 4) is 0 Å². The van der Waals surface area contributed by atoms with E-state index in [0.29, 0.717) is 22.9 Å². The zero-order chi connectivity index (χ0) is 23.0. The molecule has 32 heavy (non-hydrogen) atoms. The largest absolute Gasteiger partial charge is 0.396 e. The molecule has 1 aromatic carbocycles. The Hall–Kier alpha value is -3.73. The van der Waals surface area contributed by atoms with Crippen LogP contribution in [-0.4, -0.2) is 40.2 Å². The van der Waals surface area contributed by atoms with Gasteiger partial charge in [0.05, 0.1) is 17.5 Å². The van der Waals surface area contributed by atoms with Crippen molar-refractivity contribution in [3.05, 3.63) is 58.4 Å². The number of amides is 1. The highest BCUT2D eigenvalue weighted by molar-refractivity contribution is 7.10. The summed E-state index contributed by atoms with van der Waals surface area (Å²) in [6, 6.07) is 2.73. The third kappa shape index (κ3) is 3.50. The summed E-state index contributed by atoms with van der Waals surface area (Å²) in [4.78, 5) is 29.1. The van der Waals surface area contributed by atoms with Crippen LogP contribution in [0.5, 0.6) is 0 Å². The molecule has 3 aromatic rings. The van der Waals surface area contributed by atoms with E-state index in [9.17, 15) is 13.6 Å². The summed E-state index contributed by atoms with van der Waals surface area (Å²) in [5.41, 5.74) is 7.37. The van der Waals surface area contributed by atoms with Crippen molar-refractivity contribution in [1.82, 2.24) is 15.0 Å². The van der Waals surface area contributed by atoms with Crippen molar-refractivity contribution in [1.29, 1.82) is 5.41 Å². The molecule has 1 amide bonds. The molecule has 0 radical (unpaired) electrons. The van der Waals surface area contributed by atoms with E-state index in [2.05, 4.69) is 15.0 Å². The fourth-order valence-corrected chi connectivity index (χ4v) is 4.15. The zero-order valence-corrected chi connectivity index (χ0v) is 18.0. The highest BCUT2D eigenvalue weighted by atomic mass is 32.1. The summed E-state index contributed by atoms with van der Waals surface area (Å²) in [6.07, 6.45) is 4.48. The lowest BCUT2D eigenvalue weighted by atomic mass is 10.1. The smallest absolute Gasteiger partial charge is 0.250 e. The van der Waals surface area contributed by atoms with Crippen molar-refractivity contribution in [3.63, 3.8) is 0 Å². The van der Waals surface area contributed by atoms with Gasteiger partial charge in [-0.15, -0.1) is 11.3 Å². The standard InChI is InChI=1S/C21H19F2N7OS/c1-3-15-21(31)29(2)16-10-27-18(12(9-24)17(25)20-26-6-7-32-20)28-19(16)30(15)11-4-5-13(22)14(23)8-11/h4-10,15,24H,3,25H2,1-2H3/b17-12+,24-9?/t15-/m1/s1. The predicted octanol–water partition coefficient (Wildman–Crippen LogP) is 3.58. The quantitative estimate of drug-likeness (QED) is 0.569. The molecular formula is C21H19F2N7OS. The molecule has 0 bridgehead atoms. The SMILES string of the molecule is CC[C@@H]1C(=O)N(C)c2cnc(/C(C=N)=C(/N)c3nccs3)nc2N1c1ccc(F)c(F)c1. The number of fused-ring (bicyclic) bond motifs is 1. The average Bonchev–Trinajstić information content (AvgIpc) is 3.33. The van der Waals surface area contributed by atoms with E-state index in [1.165, 1.54) is 28.5 Å². The lowest BCUT2D eigenvalue weighted by Crippen LogP contribution is -2.50. The first-order chi connectivity index (χ1) is 15.4. The van der Waals surface area contributed by atoms with Gasteiger partial charge in [-0.1, -0.05) is 6.92 Å². The van der Waals surface area contributed by atoms with Crippen molar-refractivity contribution < 1.29 is 13.6 Å². The van der Waals surface area contributed by atoms with E-state index in [0.717, 1.165) is 18.3 Å². The maximum absolute atomic E-state index is 14.1. The molecular weight excluding hydrogens is 436 g/mol. The maximum Gasteiger partial charge on any atom is 0.250 e.